The predicted octanol–water partition coefficient (Wildman–Crippen LogP) is 3.28. The van der Waals surface area contributed by atoms with E-state index in [9.17, 15) is 13.2 Å². The molecule has 1 aromatic carbocycles. The van der Waals surface area contributed by atoms with E-state index < -0.39 is 29.3 Å². The molecule has 0 bridgehead atoms. The Labute approximate surface area is 114 Å². The fourth-order valence-electron chi connectivity index (χ4n) is 1.92. The molecular formula is C14H14F3N3. The molecule has 1 heterocycles. The summed E-state index contributed by atoms with van der Waals surface area (Å²) in [7, 11) is 1.54. The van der Waals surface area contributed by atoms with Gasteiger partial charge in [0.25, 0.3) is 0 Å². The van der Waals surface area contributed by atoms with Gasteiger partial charge < -0.3 is 10.6 Å². The average molecular weight is 281 g/mol. The number of benzene rings is 1. The van der Waals surface area contributed by atoms with Crippen molar-refractivity contribution in [1.29, 1.82) is 0 Å². The van der Waals surface area contributed by atoms with Gasteiger partial charge in [0.05, 0.1) is 6.04 Å². The molecule has 0 saturated heterocycles. The van der Waals surface area contributed by atoms with E-state index in [0.717, 1.165) is 0 Å². The number of nitrogen functional groups attached to an aromatic ring is 1. The van der Waals surface area contributed by atoms with Crippen LogP contribution in [0.3, 0.4) is 0 Å². The van der Waals surface area contributed by atoms with Gasteiger partial charge in [-0.3, -0.25) is 0 Å². The molecule has 2 aromatic rings. The third-order valence-electron chi connectivity index (χ3n) is 3.21. The molecule has 2 N–H and O–H groups in total. The Morgan fingerprint density at radius 3 is 2.40 bits per heavy atom. The first kappa shape index (κ1) is 14.2. The minimum atomic E-state index is -0.918. The first-order valence-electron chi connectivity index (χ1n) is 6.00. The molecule has 6 heteroatoms. The summed E-state index contributed by atoms with van der Waals surface area (Å²) in [6.07, 6.45) is 0. The number of nitrogens with two attached hydrogens (primary N) is 1. The lowest BCUT2D eigenvalue weighted by Crippen LogP contribution is -2.25. The standard InChI is InChI=1S/C14H14F3N3/c1-8(9-5-3-4-6-10(9)15)20(2)14-12(17)7-11(16)13(18)19-14/h3-8H,1-2H3,(H2,18,19). The highest BCUT2D eigenvalue weighted by Gasteiger charge is 2.21. The summed E-state index contributed by atoms with van der Waals surface area (Å²) in [6.45, 7) is 1.69. The van der Waals surface area contributed by atoms with E-state index in [2.05, 4.69) is 4.98 Å². The van der Waals surface area contributed by atoms with Gasteiger partial charge in [-0.2, -0.15) is 0 Å². The van der Waals surface area contributed by atoms with E-state index >= 15 is 0 Å². The van der Waals surface area contributed by atoms with Crippen molar-refractivity contribution in [3.05, 3.63) is 53.3 Å². The zero-order chi connectivity index (χ0) is 14.9. The molecule has 0 amide bonds. The van der Waals surface area contributed by atoms with Gasteiger partial charge in [0, 0.05) is 18.7 Å². The van der Waals surface area contributed by atoms with E-state index in [0.29, 0.717) is 11.6 Å². The molecular weight excluding hydrogens is 267 g/mol. The maximum absolute atomic E-state index is 13.8. The Morgan fingerprint density at radius 1 is 1.10 bits per heavy atom. The zero-order valence-electron chi connectivity index (χ0n) is 11.1. The van der Waals surface area contributed by atoms with Gasteiger partial charge in [-0.1, -0.05) is 18.2 Å². The third-order valence-corrected chi connectivity index (χ3v) is 3.21. The van der Waals surface area contributed by atoms with E-state index in [4.69, 9.17) is 5.73 Å². The molecule has 0 aliphatic carbocycles. The Bertz CT molecular complexity index is 631. The first-order valence-corrected chi connectivity index (χ1v) is 6.00. The molecule has 1 unspecified atom stereocenters. The maximum atomic E-state index is 13.8. The smallest absolute Gasteiger partial charge is 0.168 e. The van der Waals surface area contributed by atoms with Crippen molar-refractivity contribution in [1.82, 2.24) is 4.98 Å². The highest BCUT2D eigenvalue weighted by atomic mass is 19.1. The second-order valence-corrected chi connectivity index (χ2v) is 4.47. The number of nitrogens with zero attached hydrogens (tertiary/aromatic N) is 2. The number of anilines is 2. The fourth-order valence-corrected chi connectivity index (χ4v) is 1.92. The zero-order valence-corrected chi connectivity index (χ0v) is 11.1. The van der Waals surface area contributed by atoms with Crippen LogP contribution in [0, 0.1) is 17.5 Å². The number of rotatable bonds is 3. The van der Waals surface area contributed by atoms with Crippen molar-refractivity contribution in [2.24, 2.45) is 0 Å². The molecule has 0 saturated carbocycles. The van der Waals surface area contributed by atoms with Crippen LogP contribution in [-0.2, 0) is 0 Å². The van der Waals surface area contributed by atoms with Crippen LogP contribution >= 0.6 is 0 Å². The lowest BCUT2D eigenvalue weighted by atomic mass is 10.1. The second-order valence-electron chi connectivity index (χ2n) is 4.47. The van der Waals surface area contributed by atoms with Crippen molar-refractivity contribution in [2.45, 2.75) is 13.0 Å². The molecule has 0 radical (unpaired) electrons. The Morgan fingerprint density at radius 2 is 1.75 bits per heavy atom. The quantitative estimate of drug-likeness (QED) is 0.938. The van der Waals surface area contributed by atoms with Crippen molar-refractivity contribution in [3.63, 3.8) is 0 Å². The largest absolute Gasteiger partial charge is 0.381 e. The number of hydrogen-bond donors (Lipinski definition) is 1. The molecule has 0 spiro atoms. The predicted molar refractivity (Wildman–Crippen MR) is 71.8 cm³/mol. The van der Waals surface area contributed by atoms with Crippen LogP contribution in [-0.4, -0.2) is 12.0 Å². The number of halogens is 3. The number of pyridine rings is 1. The maximum Gasteiger partial charge on any atom is 0.168 e. The Hall–Kier alpha value is -2.24. The van der Waals surface area contributed by atoms with Gasteiger partial charge in [0.2, 0.25) is 0 Å². The highest BCUT2D eigenvalue weighted by molar-refractivity contribution is 5.48. The summed E-state index contributed by atoms with van der Waals surface area (Å²) in [6, 6.07) is 6.36. The van der Waals surface area contributed by atoms with Crippen LogP contribution in [0.15, 0.2) is 30.3 Å². The lowest BCUT2D eigenvalue weighted by molar-refractivity contribution is 0.556. The molecule has 0 aliphatic heterocycles. The summed E-state index contributed by atoms with van der Waals surface area (Å²) in [4.78, 5) is 5.09. The van der Waals surface area contributed by atoms with E-state index in [1.165, 1.54) is 11.0 Å². The van der Waals surface area contributed by atoms with Gasteiger partial charge in [0.15, 0.2) is 23.3 Å². The minimum Gasteiger partial charge on any atom is -0.381 e. The van der Waals surface area contributed by atoms with Gasteiger partial charge in [0.1, 0.15) is 5.82 Å². The number of hydrogen-bond acceptors (Lipinski definition) is 3. The normalized spacial score (nSPS) is 12.2. The minimum absolute atomic E-state index is 0.125. The molecule has 1 atom stereocenters. The molecule has 0 fully saturated rings. The third kappa shape index (κ3) is 2.54. The SMILES string of the molecule is CC(c1ccccc1F)N(C)c1nc(N)c(F)cc1F. The summed E-state index contributed by atoms with van der Waals surface area (Å²) in [5.74, 6) is -2.68. The molecule has 3 nitrogen and oxygen atoms in total. The summed E-state index contributed by atoms with van der Waals surface area (Å²) >= 11 is 0. The number of aromatic nitrogens is 1. The fraction of sp³-hybridized carbons (Fsp3) is 0.214. The Balaban J connectivity index is 2.39. The molecule has 20 heavy (non-hydrogen) atoms. The van der Waals surface area contributed by atoms with Crippen LogP contribution in [0.1, 0.15) is 18.5 Å². The highest BCUT2D eigenvalue weighted by Crippen LogP contribution is 2.28. The second kappa shape index (κ2) is 5.40. The van der Waals surface area contributed by atoms with Crippen LogP contribution in [0.4, 0.5) is 24.8 Å². The molecule has 106 valence electrons. The van der Waals surface area contributed by atoms with E-state index in [1.54, 1.807) is 32.2 Å². The van der Waals surface area contributed by atoms with Crippen LogP contribution in [0.2, 0.25) is 0 Å². The van der Waals surface area contributed by atoms with Crippen molar-refractivity contribution >= 4 is 11.6 Å². The molecule has 0 aliphatic rings. The van der Waals surface area contributed by atoms with Gasteiger partial charge >= 0.3 is 0 Å². The topological polar surface area (TPSA) is 42.2 Å². The van der Waals surface area contributed by atoms with Crippen LogP contribution < -0.4 is 10.6 Å². The van der Waals surface area contributed by atoms with Crippen molar-refractivity contribution < 1.29 is 13.2 Å². The average Bonchev–Trinajstić information content (AvgIpc) is 2.42. The monoisotopic (exact) mass is 281 g/mol. The van der Waals surface area contributed by atoms with Crippen molar-refractivity contribution in [3.8, 4) is 0 Å². The molecule has 1 aromatic heterocycles. The van der Waals surface area contributed by atoms with Gasteiger partial charge in [-0.25, -0.2) is 18.2 Å². The summed E-state index contributed by atoms with van der Waals surface area (Å²) in [5.41, 5.74) is 5.73. The van der Waals surface area contributed by atoms with Gasteiger partial charge in [-0.05, 0) is 13.0 Å². The van der Waals surface area contributed by atoms with Crippen molar-refractivity contribution in [2.75, 3.05) is 17.7 Å². The molecule has 2 rings (SSSR count). The lowest BCUT2D eigenvalue weighted by Gasteiger charge is -2.27. The van der Waals surface area contributed by atoms with E-state index in [-0.39, 0.29) is 5.82 Å². The van der Waals surface area contributed by atoms with Crippen LogP contribution in [0.5, 0.6) is 0 Å². The summed E-state index contributed by atoms with van der Waals surface area (Å²) < 4.78 is 40.6. The van der Waals surface area contributed by atoms with Crippen LogP contribution in [0.25, 0.3) is 0 Å². The Kier molecular flexibility index (Phi) is 3.83. The first-order chi connectivity index (χ1) is 9.41. The summed E-state index contributed by atoms with van der Waals surface area (Å²) in [5, 5.41) is 0. The van der Waals surface area contributed by atoms with E-state index in [1.807, 2.05) is 0 Å². The van der Waals surface area contributed by atoms with Gasteiger partial charge in [-0.15, -0.1) is 0 Å².